The van der Waals surface area contributed by atoms with Crippen LogP contribution in [-0.2, 0) is 6.42 Å². The van der Waals surface area contributed by atoms with E-state index in [1.165, 1.54) is 108 Å². The van der Waals surface area contributed by atoms with E-state index in [0.717, 1.165) is 29.6 Å². The molecule has 34 heavy (non-hydrogen) atoms. The van der Waals surface area contributed by atoms with Crippen LogP contribution < -0.4 is 0 Å². The summed E-state index contributed by atoms with van der Waals surface area (Å²) in [4.78, 5) is 0. The molecule has 0 bridgehead atoms. The number of aryl methyl sites for hydroxylation is 1. The van der Waals surface area contributed by atoms with Crippen molar-refractivity contribution in [1.82, 2.24) is 0 Å². The smallest absolute Gasteiger partial charge is 0.00531 e. The van der Waals surface area contributed by atoms with E-state index in [0.29, 0.717) is 5.92 Å². The number of rotatable bonds is 10. The third-order valence-electron chi connectivity index (χ3n) is 9.56. The molecule has 0 aromatic heterocycles. The zero-order valence-corrected chi connectivity index (χ0v) is 22.4. The van der Waals surface area contributed by atoms with Crippen LogP contribution in [0.4, 0.5) is 0 Å². The van der Waals surface area contributed by atoms with Gasteiger partial charge in [-0.25, -0.2) is 0 Å². The van der Waals surface area contributed by atoms with Gasteiger partial charge < -0.3 is 0 Å². The van der Waals surface area contributed by atoms with Crippen LogP contribution in [0.2, 0.25) is 0 Å². The first-order valence-electron chi connectivity index (χ1n) is 15.2. The molecular formula is C34H52. The molecule has 0 nitrogen and oxygen atoms in total. The summed E-state index contributed by atoms with van der Waals surface area (Å²) in [5.41, 5.74) is 3.12. The molecule has 4 rings (SSSR count). The first-order valence-corrected chi connectivity index (χ1v) is 15.2. The fourth-order valence-corrected chi connectivity index (χ4v) is 7.21. The number of benzene rings is 1. The second-order valence-electron chi connectivity index (χ2n) is 12.1. The highest BCUT2D eigenvalue weighted by Gasteiger charge is 2.28. The number of allylic oxidation sites excluding steroid dienone is 4. The molecule has 0 N–H and O–H groups in total. The topological polar surface area (TPSA) is 0 Å². The quantitative estimate of drug-likeness (QED) is 0.240. The van der Waals surface area contributed by atoms with Crippen LogP contribution >= 0.6 is 0 Å². The minimum atomic E-state index is 0.700. The molecule has 0 aliphatic heterocycles. The fraction of sp³-hybridized carbons (Fsp3) is 0.706. The van der Waals surface area contributed by atoms with Crippen molar-refractivity contribution in [2.45, 2.75) is 122 Å². The minimum Gasteiger partial charge on any atom is -0.0848 e. The lowest BCUT2D eigenvalue weighted by Crippen LogP contribution is -2.23. The molecule has 3 aliphatic carbocycles. The van der Waals surface area contributed by atoms with E-state index in [9.17, 15) is 0 Å². The van der Waals surface area contributed by atoms with E-state index in [2.05, 4.69) is 62.4 Å². The van der Waals surface area contributed by atoms with Gasteiger partial charge in [-0.3, -0.25) is 0 Å². The summed E-state index contributed by atoms with van der Waals surface area (Å²) in [6.45, 7) is 4.64. The van der Waals surface area contributed by atoms with Gasteiger partial charge in [0.1, 0.15) is 0 Å². The Hall–Kier alpha value is -1.30. The highest BCUT2D eigenvalue weighted by molar-refractivity contribution is 5.26. The summed E-state index contributed by atoms with van der Waals surface area (Å²) >= 11 is 0. The van der Waals surface area contributed by atoms with E-state index < -0.39 is 0 Å². The maximum absolute atomic E-state index is 2.62. The van der Waals surface area contributed by atoms with Crippen LogP contribution in [0.5, 0.6) is 0 Å². The Morgan fingerprint density at radius 3 is 2.12 bits per heavy atom. The Kier molecular flexibility index (Phi) is 10.4. The summed E-state index contributed by atoms with van der Waals surface area (Å²) in [5.74, 6) is 5.19. The summed E-state index contributed by atoms with van der Waals surface area (Å²) in [6, 6.07) is 9.66. The van der Waals surface area contributed by atoms with Gasteiger partial charge in [0.05, 0.1) is 0 Å². The minimum absolute atomic E-state index is 0.700. The van der Waals surface area contributed by atoms with Crippen molar-refractivity contribution in [2.75, 3.05) is 0 Å². The van der Waals surface area contributed by atoms with Crippen molar-refractivity contribution in [3.05, 3.63) is 59.7 Å². The Balaban J connectivity index is 1.17. The van der Waals surface area contributed by atoms with Gasteiger partial charge in [0.2, 0.25) is 0 Å². The standard InChI is InChI=1S/C34H52/c1-3-5-6-8-28-13-21-32(22-14-28)34-25-17-30(18-26-34)10-9-29-15-23-33(24-16-29)31-19-11-27(7-4-2)12-20-31/h9-10,13-15,21-23,27,29-31,33-34H,3-8,11-12,16-20,24-26H2,1-2H3. The second kappa shape index (κ2) is 13.7. The maximum Gasteiger partial charge on any atom is -0.00531 e. The fourth-order valence-electron chi connectivity index (χ4n) is 7.21. The molecule has 188 valence electrons. The average Bonchev–Trinajstić information content (AvgIpc) is 2.89. The summed E-state index contributed by atoms with van der Waals surface area (Å²) in [7, 11) is 0. The molecular weight excluding hydrogens is 408 g/mol. The van der Waals surface area contributed by atoms with Crippen LogP contribution in [0, 0.1) is 29.6 Å². The van der Waals surface area contributed by atoms with Crippen LogP contribution in [0.3, 0.4) is 0 Å². The van der Waals surface area contributed by atoms with Crippen LogP contribution in [0.25, 0.3) is 0 Å². The summed E-state index contributed by atoms with van der Waals surface area (Å²) < 4.78 is 0. The maximum atomic E-state index is 2.62. The third kappa shape index (κ3) is 7.60. The van der Waals surface area contributed by atoms with E-state index in [1.807, 2.05) is 0 Å². The lowest BCUT2D eigenvalue weighted by Gasteiger charge is -2.34. The summed E-state index contributed by atoms with van der Waals surface area (Å²) in [6.07, 6.45) is 32.7. The van der Waals surface area contributed by atoms with Crippen LogP contribution in [0.15, 0.2) is 48.6 Å². The molecule has 2 saturated carbocycles. The van der Waals surface area contributed by atoms with Gasteiger partial charge in [-0.1, -0.05) is 101 Å². The molecule has 0 amide bonds. The Bertz CT molecular complexity index is 737. The number of unbranched alkanes of at least 4 members (excludes halogenated alkanes) is 2. The van der Waals surface area contributed by atoms with Gasteiger partial charge in [0, 0.05) is 0 Å². The van der Waals surface area contributed by atoms with Crippen LogP contribution in [0.1, 0.15) is 127 Å². The Morgan fingerprint density at radius 2 is 1.47 bits per heavy atom. The molecule has 0 spiro atoms. The van der Waals surface area contributed by atoms with Crippen LogP contribution in [-0.4, -0.2) is 0 Å². The molecule has 1 aromatic rings. The molecule has 0 radical (unpaired) electrons. The lowest BCUT2D eigenvalue weighted by molar-refractivity contribution is 0.207. The molecule has 0 saturated heterocycles. The average molecular weight is 461 g/mol. The normalized spacial score (nSPS) is 32.3. The zero-order valence-electron chi connectivity index (χ0n) is 22.4. The van der Waals surface area contributed by atoms with Crippen molar-refractivity contribution in [2.24, 2.45) is 29.6 Å². The second-order valence-corrected chi connectivity index (χ2v) is 12.1. The predicted octanol–water partition coefficient (Wildman–Crippen LogP) is 10.4. The van der Waals surface area contributed by atoms with Crippen molar-refractivity contribution in [3.63, 3.8) is 0 Å². The number of hydrogen-bond donors (Lipinski definition) is 0. The zero-order chi connectivity index (χ0) is 23.6. The molecule has 2 fully saturated rings. The molecule has 1 aromatic carbocycles. The molecule has 2 atom stereocenters. The van der Waals surface area contributed by atoms with Gasteiger partial charge in [0.25, 0.3) is 0 Å². The first kappa shape index (κ1) is 25.8. The third-order valence-corrected chi connectivity index (χ3v) is 9.56. The molecule has 2 unspecified atom stereocenters. The molecule has 0 heterocycles. The highest BCUT2D eigenvalue weighted by Crippen LogP contribution is 2.40. The Morgan fingerprint density at radius 1 is 0.706 bits per heavy atom. The van der Waals surface area contributed by atoms with E-state index >= 15 is 0 Å². The SMILES string of the molecule is CCCCCc1ccc(C2CCC(C=CC3C=CC(C4CCC(CCC)CC4)CC3)CC2)cc1. The van der Waals surface area contributed by atoms with E-state index in [-0.39, 0.29) is 0 Å². The van der Waals surface area contributed by atoms with Crippen molar-refractivity contribution >= 4 is 0 Å². The highest BCUT2D eigenvalue weighted by atomic mass is 14.3. The van der Waals surface area contributed by atoms with Crippen molar-refractivity contribution < 1.29 is 0 Å². The van der Waals surface area contributed by atoms with Gasteiger partial charge in [-0.2, -0.15) is 0 Å². The first-order chi connectivity index (χ1) is 16.7. The van der Waals surface area contributed by atoms with Gasteiger partial charge in [-0.05, 0) is 111 Å². The van der Waals surface area contributed by atoms with Crippen molar-refractivity contribution in [1.29, 1.82) is 0 Å². The Labute approximate surface area is 211 Å². The van der Waals surface area contributed by atoms with Gasteiger partial charge in [0.15, 0.2) is 0 Å². The predicted molar refractivity (Wildman–Crippen MR) is 149 cm³/mol. The lowest BCUT2D eigenvalue weighted by atomic mass is 9.71. The van der Waals surface area contributed by atoms with Crippen molar-refractivity contribution in [3.8, 4) is 0 Å². The van der Waals surface area contributed by atoms with Gasteiger partial charge in [-0.15, -0.1) is 0 Å². The summed E-state index contributed by atoms with van der Waals surface area (Å²) in [5, 5.41) is 0. The van der Waals surface area contributed by atoms with Gasteiger partial charge >= 0.3 is 0 Å². The largest absolute Gasteiger partial charge is 0.0848 e. The monoisotopic (exact) mass is 460 g/mol. The molecule has 0 heteroatoms. The van der Waals surface area contributed by atoms with E-state index in [4.69, 9.17) is 0 Å². The number of hydrogen-bond acceptors (Lipinski definition) is 0. The van der Waals surface area contributed by atoms with E-state index in [1.54, 1.807) is 5.56 Å². The molecule has 3 aliphatic rings.